The third kappa shape index (κ3) is 2.80. The van der Waals surface area contributed by atoms with Crippen molar-refractivity contribution in [3.8, 4) is 0 Å². The molecule has 1 nitrogen and oxygen atoms in total. The summed E-state index contributed by atoms with van der Waals surface area (Å²) in [5.41, 5.74) is 5.29. The van der Waals surface area contributed by atoms with Crippen molar-refractivity contribution in [1.82, 2.24) is 0 Å². The van der Waals surface area contributed by atoms with Gasteiger partial charge in [0.05, 0.1) is 0 Å². The Balaban J connectivity index is 2.35. The normalized spacial score (nSPS) is 11.7. The first-order valence-electron chi connectivity index (χ1n) is 5.61. The Morgan fingerprint density at radius 2 is 1.67 bits per heavy atom. The molecule has 18 heavy (non-hydrogen) atoms. The van der Waals surface area contributed by atoms with Gasteiger partial charge < -0.3 is 5.11 Å². The molecule has 0 fully saturated rings. The number of rotatable bonds is 3. The average molecular weight is 301 g/mol. The molecule has 0 aliphatic carbocycles. The minimum atomic E-state index is -0.710. The molecule has 0 radical (unpaired) electrons. The number of hydrogen-bond acceptors (Lipinski definition) is 1. The number of benzene rings is 2. The molecule has 1 N–H and O–H groups in total. The minimum Gasteiger partial charge on any atom is -0.383 e. The van der Waals surface area contributed by atoms with E-state index in [0.29, 0.717) is 5.57 Å². The van der Waals surface area contributed by atoms with Gasteiger partial charge in [-0.2, -0.15) is 0 Å². The molecule has 0 aromatic heterocycles. The second-order valence-corrected chi connectivity index (χ2v) is 4.83. The van der Waals surface area contributed by atoms with E-state index in [9.17, 15) is 5.11 Å². The van der Waals surface area contributed by atoms with Crippen molar-refractivity contribution in [1.29, 1.82) is 0 Å². The van der Waals surface area contributed by atoms with Crippen LogP contribution in [0.25, 0.3) is 5.57 Å². The van der Waals surface area contributed by atoms with Gasteiger partial charge in [0.25, 0.3) is 0 Å². The molecule has 0 aliphatic heterocycles. The SMILES string of the molecule is C=C=C(c1ccccc1)C(O)c1ccc(Br)cc1. The van der Waals surface area contributed by atoms with Crippen LogP contribution in [-0.4, -0.2) is 5.11 Å². The maximum absolute atomic E-state index is 10.4. The summed E-state index contributed by atoms with van der Waals surface area (Å²) in [6, 6.07) is 17.3. The Bertz CT molecular complexity index is 566. The summed E-state index contributed by atoms with van der Waals surface area (Å²) in [6.45, 7) is 3.67. The fraction of sp³-hybridized carbons (Fsp3) is 0.0625. The van der Waals surface area contributed by atoms with Crippen LogP contribution in [0.2, 0.25) is 0 Å². The summed E-state index contributed by atoms with van der Waals surface area (Å²) < 4.78 is 0.988. The summed E-state index contributed by atoms with van der Waals surface area (Å²) >= 11 is 3.38. The van der Waals surface area contributed by atoms with Gasteiger partial charge in [-0.05, 0) is 23.3 Å². The lowest BCUT2D eigenvalue weighted by molar-refractivity contribution is 0.238. The van der Waals surface area contributed by atoms with E-state index in [1.165, 1.54) is 0 Å². The number of aliphatic hydroxyl groups is 1. The van der Waals surface area contributed by atoms with E-state index < -0.39 is 6.10 Å². The highest BCUT2D eigenvalue weighted by atomic mass is 79.9. The molecule has 0 spiro atoms. The van der Waals surface area contributed by atoms with Gasteiger partial charge in [0.1, 0.15) is 6.10 Å². The number of aliphatic hydroxyl groups excluding tert-OH is 1. The molecule has 2 aromatic carbocycles. The first-order chi connectivity index (χ1) is 8.72. The van der Waals surface area contributed by atoms with Crippen molar-refractivity contribution in [2.45, 2.75) is 6.10 Å². The maximum Gasteiger partial charge on any atom is 0.112 e. The molecule has 2 heteroatoms. The highest BCUT2D eigenvalue weighted by Crippen LogP contribution is 2.29. The van der Waals surface area contributed by atoms with Crippen LogP contribution in [0.5, 0.6) is 0 Å². The average Bonchev–Trinajstić information content (AvgIpc) is 2.41. The van der Waals surface area contributed by atoms with Gasteiger partial charge in [0.2, 0.25) is 0 Å². The van der Waals surface area contributed by atoms with E-state index in [4.69, 9.17) is 0 Å². The van der Waals surface area contributed by atoms with Crippen molar-refractivity contribution in [3.63, 3.8) is 0 Å². The molecule has 0 bridgehead atoms. The molecular weight excluding hydrogens is 288 g/mol. The second kappa shape index (κ2) is 5.83. The monoisotopic (exact) mass is 300 g/mol. The van der Waals surface area contributed by atoms with Crippen LogP contribution in [0.4, 0.5) is 0 Å². The van der Waals surface area contributed by atoms with Gasteiger partial charge in [0, 0.05) is 10.0 Å². The third-order valence-electron chi connectivity index (χ3n) is 2.73. The van der Waals surface area contributed by atoms with Gasteiger partial charge in [-0.15, -0.1) is 5.73 Å². The van der Waals surface area contributed by atoms with Crippen molar-refractivity contribution >= 4 is 21.5 Å². The molecule has 0 saturated heterocycles. The van der Waals surface area contributed by atoms with E-state index in [0.717, 1.165) is 15.6 Å². The van der Waals surface area contributed by atoms with Crippen LogP contribution in [0.1, 0.15) is 17.2 Å². The molecular formula is C16H13BrO. The predicted molar refractivity (Wildman–Crippen MR) is 78.1 cm³/mol. The minimum absolute atomic E-state index is 0.693. The molecule has 1 unspecified atom stereocenters. The Hall–Kier alpha value is -1.60. The molecule has 90 valence electrons. The highest BCUT2D eigenvalue weighted by molar-refractivity contribution is 9.10. The van der Waals surface area contributed by atoms with E-state index in [1.54, 1.807) is 0 Å². The fourth-order valence-corrected chi connectivity index (χ4v) is 2.05. The molecule has 2 rings (SSSR count). The number of hydrogen-bond donors (Lipinski definition) is 1. The third-order valence-corrected chi connectivity index (χ3v) is 3.26. The van der Waals surface area contributed by atoms with Crippen molar-refractivity contribution in [2.24, 2.45) is 0 Å². The molecule has 0 saturated carbocycles. The van der Waals surface area contributed by atoms with Crippen LogP contribution < -0.4 is 0 Å². The van der Waals surface area contributed by atoms with E-state index in [2.05, 4.69) is 28.2 Å². The lowest BCUT2D eigenvalue weighted by Crippen LogP contribution is -2.00. The topological polar surface area (TPSA) is 20.2 Å². The van der Waals surface area contributed by atoms with Crippen molar-refractivity contribution in [3.05, 3.63) is 82.5 Å². The van der Waals surface area contributed by atoms with Gasteiger partial charge in [-0.3, -0.25) is 0 Å². The second-order valence-electron chi connectivity index (χ2n) is 3.91. The summed E-state index contributed by atoms with van der Waals surface area (Å²) in [4.78, 5) is 0. The first-order valence-corrected chi connectivity index (χ1v) is 6.40. The van der Waals surface area contributed by atoms with Crippen LogP contribution in [-0.2, 0) is 0 Å². The summed E-state index contributed by atoms with van der Waals surface area (Å²) in [5, 5.41) is 10.4. The smallest absolute Gasteiger partial charge is 0.112 e. The standard InChI is InChI=1S/C16H13BrO/c1-2-15(12-6-4-3-5-7-12)16(18)13-8-10-14(17)11-9-13/h3-11,16,18H,1H2. The Labute approximate surface area is 115 Å². The fourth-order valence-electron chi connectivity index (χ4n) is 1.79. The predicted octanol–water partition coefficient (Wildman–Crippen LogP) is 4.35. The zero-order chi connectivity index (χ0) is 13.0. The summed E-state index contributed by atoms with van der Waals surface area (Å²) in [6.07, 6.45) is -0.710. The van der Waals surface area contributed by atoms with E-state index in [-0.39, 0.29) is 0 Å². The van der Waals surface area contributed by atoms with Crippen LogP contribution in [0.15, 0.2) is 71.4 Å². The van der Waals surface area contributed by atoms with Gasteiger partial charge in [0.15, 0.2) is 0 Å². The lowest BCUT2D eigenvalue weighted by atomic mass is 9.96. The summed E-state index contributed by atoms with van der Waals surface area (Å²) in [5.74, 6) is 0. The quantitative estimate of drug-likeness (QED) is 0.836. The van der Waals surface area contributed by atoms with Crippen LogP contribution >= 0.6 is 15.9 Å². The van der Waals surface area contributed by atoms with Gasteiger partial charge in [-0.25, -0.2) is 0 Å². The van der Waals surface area contributed by atoms with Crippen molar-refractivity contribution in [2.75, 3.05) is 0 Å². The highest BCUT2D eigenvalue weighted by Gasteiger charge is 2.14. The van der Waals surface area contributed by atoms with Crippen LogP contribution in [0.3, 0.4) is 0 Å². The van der Waals surface area contributed by atoms with Gasteiger partial charge >= 0.3 is 0 Å². The first kappa shape index (κ1) is 12.8. The Morgan fingerprint density at radius 3 is 2.22 bits per heavy atom. The molecule has 2 aromatic rings. The molecule has 0 aliphatic rings. The van der Waals surface area contributed by atoms with Gasteiger partial charge in [-0.1, -0.05) is 65.0 Å². The molecule has 0 amide bonds. The maximum atomic E-state index is 10.4. The van der Waals surface area contributed by atoms with E-state index in [1.807, 2.05) is 54.6 Å². The number of halogens is 1. The zero-order valence-electron chi connectivity index (χ0n) is 9.81. The molecule has 0 heterocycles. The lowest BCUT2D eigenvalue weighted by Gasteiger charge is -2.14. The zero-order valence-corrected chi connectivity index (χ0v) is 11.4. The largest absolute Gasteiger partial charge is 0.383 e. The van der Waals surface area contributed by atoms with Crippen LogP contribution in [0, 0.1) is 0 Å². The van der Waals surface area contributed by atoms with E-state index >= 15 is 0 Å². The van der Waals surface area contributed by atoms with Crippen molar-refractivity contribution < 1.29 is 5.11 Å². The molecule has 1 atom stereocenters. The summed E-state index contributed by atoms with van der Waals surface area (Å²) in [7, 11) is 0. The Kier molecular flexibility index (Phi) is 4.16. The Morgan fingerprint density at radius 1 is 1.06 bits per heavy atom.